The van der Waals surface area contributed by atoms with Crippen molar-refractivity contribution in [2.75, 3.05) is 26.8 Å². The number of rotatable bonds is 6. The summed E-state index contributed by atoms with van der Waals surface area (Å²) in [5.74, 6) is 1.39. The summed E-state index contributed by atoms with van der Waals surface area (Å²) in [7, 11) is -2.75. The second-order valence-corrected chi connectivity index (χ2v) is 6.62. The van der Waals surface area contributed by atoms with Gasteiger partial charge >= 0.3 is 5.97 Å². The molecule has 2 rings (SSSR count). The Hall–Kier alpha value is -1.82. The molecule has 1 aliphatic rings. The van der Waals surface area contributed by atoms with Crippen molar-refractivity contribution in [1.29, 1.82) is 0 Å². The minimum Gasteiger partial charge on any atom is -0.463 e. The van der Waals surface area contributed by atoms with E-state index in [-0.39, 0.29) is 30.0 Å². The lowest BCUT2D eigenvalue weighted by Gasteiger charge is -2.21. The second-order valence-electron chi connectivity index (χ2n) is 4.75. The number of carbonyl (C=O) groups is 1. The summed E-state index contributed by atoms with van der Waals surface area (Å²) in [5.41, 5.74) is 0. The third-order valence-electron chi connectivity index (χ3n) is 3.26. The highest BCUT2D eigenvalue weighted by atomic mass is 32.2. The molecular formula is C14H17NO6S. The fraction of sp³-hybridized carbons (Fsp3) is 0.500. The summed E-state index contributed by atoms with van der Waals surface area (Å²) in [6.07, 6.45) is 6.74. The van der Waals surface area contributed by atoms with Crippen molar-refractivity contribution in [3.63, 3.8) is 0 Å². The maximum absolute atomic E-state index is 12.6. The van der Waals surface area contributed by atoms with Crippen molar-refractivity contribution >= 4 is 16.0 Å². The molecule has 0 saturated carbocycles. The van der Waals surface area contributed by atoms with Crippen LogP contribution in [-0.4, -0.2) is 51.6 Å². The monoisotopic (exact) mass is 327 g/mol. The van der Waals surface area contributed by atoms with Crippen molar-refractivity contribution in [2.24, 2.45) is 0 Å². The van der Waals surface area contributed by atoms with E-state index in [4.69, 9.17) is 15.6 Å². The van der Waals surface area contributed by atoms with Crippen molar-refractivity contribution in [3.05, 3.63) is 17.9 Å². The number of furan rings is 1. The lowest BCUT2D eigenvalue weighted by Crippen LogP contribution is -2.37. The van der Waals surface area contributed by atoms with Gasteiger partial charge in [0, 0.05) is 13.2 Å². The molecule has 1 aliphatic heterocycles. The first-order valence-electron chi connectivity index (χ1n) is 6.72. The fourth-order valence-electron chi connectivity index (χ4n) is 2.16. The molecule has 1 atom stereocenters. The number of terminal acetylenes is 1. The van der Waals surface area contributed by atoms with Crippen LogP contribution in [0.2, 0.25) is 0 Å². The Morgan fingerprint density at radius 3 is 2.91 bits per heavy atom. The van der Waals surface area contributed by atoms with Crippen LogP contribution in [0.15, 0.2) is 21.6 Å². The van der Waals surface area contributed by atoms with Gasteiger partial charge in [-0.05, 0) is 25.0 Å². The molecule has 0 aliphatic carbocycles. The van der Waals surface area contributed by atoms with E-state index in [0.717, 1.165) is 17.1 Å². The minimum absolute atomic E-state index is 0.101. The lowest BCUT2D eigenvalue weighted by molar-refractivity contribution is 0.0558. The molecular weight excluding hydrogens is 310 g/mol. The molecule has 0 N–H and O–H groups in total. The van der Waals surface area contributed by atoms with Crippen molar-refractivity contribution < 1.29 is 27.1 Å². The number of esters is 1. The molecule has 1 aromatic heterocycles. The van der Waals surface area contributed by atoms with Gasteiger partial charge in [-0.1, -0.05) is 5.92 Å². The number of nitrogens with zero attached hydrogens (tertiary/aromatic N) is 1. The van der Waals surface area contributed by atoms with E-state index in [0.29, 0.717) is 6.61 Å². The van der Waals surface area contributed by atoms with E-state index >= 15 is 0 Å². The van der Waals surface area contributed by atoms with Crippen LogP contribution in [0.4, 0.5) is 0 Å². The van der Waals surface area contributed by atoms with E-state index in [2.05, 4.69) is 10.7 Å². The largest absolute Gasteiger partial charge is 0.463 e. The van der Waals surface area contributed by atoms with E-state index in [9.17, 15) is 13.2 Å². The molecule has 120 valence electrons. The Labute approximate surface area is 129 Å². The number of carbonyl (C=O) groups excluding carboxylic acids is 1. The van der Waals surface area contributed by atoms with Gasteiger partial charge in [0.05, 0.1) is 19.8 Å². The molecule has 7 nitrogen and oxygen atoms in total. The Morgan fingerprint density at radius 1 is 1.55 bits per heavy atom. The zero-order chi connectivity index (χ0) is 16.2. The molecule has 0 unspecified atom stereocenters. The predicted octanol–water partition coefficient (Wildman–Crippen LogP) is 0.869. The average Bonchev–Trinajstić information content (AvgIpc) is 3.17. The summed E-state index contributed by atoms with van der Waals surface area (Å²) < 4.78 is 41.2. The standard InChI is InChI=1S/C14H17NO6S/c1-3-8-15(10-11-5-4-9-20-11)22(17,18)13-7-6-12(21-13)14(16)19-2/h1,6-7,11H,4-5,8-10H2,2H3/t11-/m1/s1. The maximum Gasteiger partial charge on any atom is 0.374 e. The molecule has 0 bridgehead atoms. The smallest absolute Gasteiger partial charge is 0.374 e. The van der Waals surface area contributed by atoms with Crippen molar-refractivity contribution in [3.8, 4) is 12.3 Å². The Bertz CT molecular complexity index is 666. The van der Waals surface area contributed by atoms with Crippen LogP contribution >= 0.6 is 0 Å². The zero-order valence-electron chi connectivity index (χ0n) is 12.1. The SMILES string of the molecule is C#CCN(C[C@H]1CCCO1)S(=O)(=O)c1ccc(C(=O)OC)o1. The highest BCUT2D eigenvalue weighted by Gasteiger charge is 2.31. The molecule has 0 radical (unpaired) electrons. The second kappa shape index (κ2) is 6.96. The van der Waals surface area contributed by atoms with Gasteiger partial charge < -0.3 is 13.9 Å². The number of hydrogen-bond acceptors (Lipinski definition) is 6. The van der Waals surface area contributed by atoms with Gasteiger partial charge in [-0.15, -0.1) is 6.42 Å². The average molecular weight is 327 g/mol. The van der Waals surface area contributed by atoms with Crippen LogP contribution < -0.4 is 0 Å². The molecule has 2 heterocycles. The van der Waals surface area contributed by atoms with Gasteiger partial charge in [-0.25, -0.2) is 13.2 Å². The van der Waals surface area contributed by atoms with Crippen molar-refractivity contribution in [2.45, 2.75) is 24.0 Å². The molecule has 0 amide bonds. The first kappa shape index (κ1) is 16.5. The Morgan fingerprint density at radius 2 is 2.32 bits per heavy atom. The first-order valence-corrected chi connectivity index (χ1v) is 8.16. The fourth-order valence-corrected chi connectivity index (χ4v) is 3.46. The Kier molecular flexibility index (Phi) is 5.24. The van der Waals surface area contributed by atoms with Crippen LogP contribution in [0.5, 0.6) is 0 Å². The van der Waals surface area contributed by atoms with E-state index in [1.165, 1.54) is 19.2 Å². The molecule has 8 heteroatoms. The van der Waals surface area contributed by atoms with Crippen LogP contribution in [0.3, 0.4) is 0 Å². The van der Waals surface area contributed by atoms with Gasteiger partial charge in [-0.2, -0.15) is 4.31 Å². The molecule has 1 saturated heterocycles. The van der Waals surface area contributed by atoms with Crippen LogP contribution in [0.25, 0.3) is 0 Å². The highest BCUT2D eigenvalue weighted by Crippen LogP contribution is 2.22. The van der Waals surface area contributed by atoms with E-state index in [1.807, 2.05) is 0 Å². The minimum atomic E-state index is -3.94. The van der Waals surface area contributed by atoms with Gasteiger partial charge in [0.1, 0.15) is 0 Å². The number of sulfonamides is 1. The predicted molar refractivity (Wildman–Crippen MR) is 76.6 cm³/mol. The summed E-state index contributed by atoms with van der Waals surface area (Å²) in [4.78, 5) is 11.4. The van der Waals surface area contributed by atoms with Gasteiger partial charge in [-0.3, -0.25) is 0 Å². The number of hydrogen-bond donors (Lipinski definition) is 0. The van der Waals surface area contributed by atoms with Crippen LogP contribution in [0.1, 0.15) is 23.4 Å². The number of methoxy groups -OCH3 is 1. The van der Waals surface area contributed by atoms with Crippen LogP contribution in [0, 0.1) is 12.3 Å². The third-order valence-corrected chi connectivity index (χ3v) is 4.95. The van der Waals surface area contributed by atoms with Crippen molar-refractivity contribution in [1.82, 2.24) is 4.31 Å². The zero-order valence-corrected chi connectivity index (χ0v) is 13.0. The summed E-state index contributed by atoms with van der Waals surface area (Å²) in [6, 6.07) is 2.46. The first-order chi connectivity index (χ1) is 10.5. The number of ether oxygens (including phenoxy) is 2. The Balaban J connectivity index is 2.22. The molecule has 1 aromatic rings. The van der Waals surface area contributed by atoms with Gasteiger partial charge in [0.25, 0.3) is 10.0 Å². The molecule has 0 spiro atoms. The third kappa shape index (κ3) is 3.50. The quantitative estimate of drug-likeness (QED) is 0.569. The molecule has 22 heavy (non-hydrogen) atoms. The normalized spacial score (nSPS) is 18.3. The van der Waals surface area contributed by atoms with E-state index < -0.39 is 16.0 Å². The van der Waals surface area contributed by atoms with E-state index in [1.54, 1.807) is 0 Å². The molecule has 0 aromatic carbocycles. The summed E-state index contributed by atoms with van der Waals surface area (Å²) in [5, 5.41) is -0.346. The topological polar surface area (TPSA) is 86.0 Å². The van der Waals surface area contributed by atoms with Crippen LogP contribution in [-0.2, 0) is 19.5 Å². The summed E-state index contributed by atoms with van der Waals surface area (Å²) >= 11 is 0. The lowest BCUT2D eigenvalue weighted by atomic mass is 10.2. The maximum atomic E-state index is 12.6. The summed E-state index contributed by atoms with van der Waals surface area (Å²) in [6.45, 7) is 0.666. The van der Waals surface area contributed by atoms with Gasteiger partial charge in [0.15, 0.2) is 0 Å². The highest BCUT2D eigenvalue weighted by molar-refractivity contribution is 7.89. The van der Waals surface area contributed by atoms with Gasteiger partial charge in [0.2, 0.25) is 10.9 Å². The molecule has 1 fully saturated rings.